The summed E-state index contributed by atoms with van der Waals surface area (Å²) in [6, 6.07) is 19.5. The van der Waals surface area contributed by atoms with Gasteiger partial charge in [-0.15, -0.1) is 0 Å². The third-order valence-corrected chi connectivity index (χ3v) is 5.79. The third kappa shape index (κ3) is 5.30. The van der Waals surface area contributed by atoms with Crippen molar-refractivity contribution in [3.63, 3.8) is 0 Å². The van der Waals surface area contributed by atoms with Crippen LogP contribution in [0.1, 0.15) is 22.8 Å². The molecule has 0 radical (unpaired) electrons. The van der Waals surface area contributed by atoms with Crippen LogP contribution in [-0.4, -0.2) is 24.2 Å². The van der Waals surface area contributed by atoms with Crippen molar-refractivity contribution in [2.45, 2.75) is 6.10 Å². The number of nitrogens with zero attached hydrogens (tertiary/aromatic N) is 5. The summed E-state index contributed by atoms with van der Waals surface area (Å²) in [4.78, 5) is 20.7. The first kappa shape index (κ1) is 23.9. The number of fused-ring (bicyclic) bond motifs is 1. The number of pyridine rings is 2. The van der Waals surface area contributed by atoms with Crippen molar-refractivity contribution in [1.82, 2.24) is 19.1 Å². The molecule has 5 rings (SSSR count). The van der Waals surface area contributed by atoms with Gasteiger partial charge in [0.05, 0.1) is 18.0 Å². The molecule has 0 aliphatic rings. The van der Waals surface area contributed by atoms with E-state index in [1.54, 1.807) is 68.2 Å². The Labute approximate surface area is 207 Å². The van der Waals surface area contributed by atoms with Crippen molar-refractivity contribution in [2.75, 3.05) is 0 Å². The number of halogens is 1. The molecular formula is C27H22ClN5O2. The summed E-state index contributed by atoms with van der Waals surface area (Å²) < 4.78 is 3.35. The monoisotopic (exact) mass is 483 g/mol. The zero-order valence-corrected chi connectivity index (χ0v) is 19.9. The molecule has 0 saturated carbocycles. The lowest BCUT2D eigenvalue weighted by Gasteiger charge is -2.15. The van der Waals surface area contributed by atoms with Crippen molar-refractivity contribution in [3.05, 3.63) is 118 Å². The van der Waals surface area contributed by atoms with Gasteiger partial charge in [0, 0.05) is 54.7 Å². The third-order valence-electron chi connectivity index (χ3n) is 5.53. The average Bonchev–Trinajstić information content (AvgIpc) is 3.37. The Hall–Kier alpha value is -4.25. The van der Waals surface area contributed by atoms with E-state index in [0.717, 1.165) is 5.56 Å². The predicted octanol–water partition coefficient (Wildman–Crippen LogP) is 4.63. The quantitative estimate of drug-likeness (QED) is 0.403. The molecular weight excluding hydrogens is 462 g/mol. The summed E-state index contributed by atoms with van der Waals surface area (Å²) in [7, 11) is 3.59. The number of aromatic nitrogens is 4. The molecule has 1 N–H and O–H groups in total. The number of hydrogen-bond acceptors (Lipinski definition) is 5. The molecule has 35 heavy (non-hydrogen) atoms. The molecule has 7 nitrogen and oxygen atoms in total. The highest BCUT2D eigenvalue weighted by molar-refractivity contribution is 6.30. The molecule has 3 aromatic heterocycles. The minimum Gasteiger partial charge on any atom is -0.384 e. The molecule has 3 heterocycles. The number of rotatable bonds is 3. The van der Waals surface area contributed by atoms with Gasteiger partial charge in [-0.1, -0.05) is 35.9 Å². The number of imidazole rings is 1. The van der Waals surface area contributed by atoms with Crippen LogP contribution < -0.4 is 5.56 Å². The van der Waals surface area contributed by atoms with Gasteiger partial charge in [0.15, 0.2) is 0 Å². The Kier molecular flexibility index (Phi) is 7.06. The molecule has 0 spiro atoms. The molecule has 0 bridgehead atoms. The second-order valence-corrected chi connectivity index (χ2v) is 8.41. The number of aliphatic hydroxyl groups excluding tert-OH is 1. The maximum Gasteiger partial charge on any atom is 0.252 e. The Bertz CT molecular complexity index is 1570. The maximum atomic E-state index is 12.4. The van der Waals surface area contributed by atoms with E-state index in [-0.39, 0.29) is 5.56 Å². The standard InChI is InChI=1S/C23H16ClN3O2.C4H6N2/c1-27-21(28)11-19(16-4-2-3-14(9-16)12-25)20-10-17(13-26-23(20)27)22(29)15-5-7-18(24)8-6-15;1-6-3-2-5-4-6/h2-11,13,22,29H,1H3;2-4H,1H3. The summed E-state index contributed by atoms with van der Waals surface area (Å²) in [6.45, 7) is 0. The number of aryl methyl sites for hydroxylation is 2. The summed E-state index contributed by atoms with van der Waals surface area (Å²) in [5, 5.41) is 21.3. The van der Waals surface area contributed by atoms with Crippen LogP contribution in [0.15, 0.2) is 90.4 Å². The average molecular weight is 484 g/mol. The largest absolute Gasteiger partial charge is 0.384 e. The van der Waals surface area contributed by atoms with Crippen LogP contribution in [0.3, 0.4) is 0 Å². The van der Waals surface area contributed by atoms with Crippen molar-refractivity contribution in [3.8, 4) is 17.2 Å². The van der Waals surface area contributed by atoms with Gasteiger partial charge in [0.25, 0.3) is 5.56 Å². The zero-order valence-electron chi connectivity index (χ0n) is 19.1. The zero-order chi connectivity index (χ0) is 24.9. The fourth-order valence-electron chi connectivity index (χ4n) is 3.65. The molecule has 0 saturated heterocycles. The lowest BCUT2D eigenvalue weighted by Crippen LogP contribution is -2.17. The van der Waals surface area contributed by atoms with E-state index in [1.165, 1.54) is 10.6 Å². The van der Waals surface area contributed by atoms with Crippen molar-refractivity contribution in [1.29, 1.82) is 5.26 Å². The lowest BCUT2D eigenvalue weighted by atomic mass is 9.97. The molecule has 5 aromatic rings. The second-order valence-electron chi connectivity index (χ2n) is 7.97. The Morgan fingerprint density at radius 1 is 1.06 bits per heavy atom. The van der Waals surface area contributed by atoms with Crippen LogP contribution >= 0.6 is 11.6 Å². The van der Waals surface area contributed by atoms with Crippen molar-refractivity contribution in [2.24, 2.45) is 14.1 Å². The summed E-state index contributed by atoms with van der Waals surface area (Å²) in [6.07, 6.45) is 6.07. The molecule has 1 atom stereocenters. The molecule has 174 valence electrons. The molecule has 0 amide bonds. The predicted molar refractivity (Wildman–Crippen MR) is 136 cm³/mol. The number of aliphatic hydroxyl groups is 1. The number of benzene rings is 2. The van der Waals surface area contributed by atoms with Crippen LogP contribution in [0.2, 0.25) is 5.02 Å². The van der Waals surface area contributed by atoms with Crippen LogP contribution in [0, 0.1) is 11.3 Å². The van der Waals surface area contributed by atoms with E-state index in [1.807, 2.05) is 29.9 Å². The van der Waals surface area contributed by atoms with Gasteiger partial charge >= 0.3 is 0 Å². The van der Waals surface area contributed by atoms with Crippen molar-refractivity contribution < 1.29 is 5.11 Å². The maximum absolute atomic E-state index is 12.4. The lowest BCUT2D eigenvalue weighted by molar-refractivity contribution is 0.220. The SMILES string of the molecule is Cn1c(=O)cc(-c2cccc(C#N)c2)c2cc(C(O)c3ccc(Cl)cc3)cnc21.Cn1ccnc1. The first-order chi connectivity index (χ1) is 16.9. The van der Waals surface area contributed by atoms with Crippen LogP contribution in [0.25, 0.3) is 22.2 Å². The van der Waals surface area contributed by atoms with E-state index < -0.39 is 6.10 Å². The number of hydrogen-bond donors (Lipinski definition) is 1. The van der Waals surface area contributed by atoms with Crippen LogP contribution in [0.5, 0.6) is 0 Å². The highest BCUT2D eigenvalue weighted by Crippen LogP contribution is 2.30. The van der Waals surface area contributed by atoms with Gasteiger partial charge in [-0.25, -0.2) is 9.97 Å². The normalized spacial score (nSPS) is 11.4. The molecule has 0 fully saturated rings. The van der Waals surface area contributed by atoms with E-state index in [9.17, 15) is 15.2 Å². The van der Waals surface area contributed by atoms with Crippen LogP contribution in [-0.2, 0) is 14.1 Å². The molecule has 8 heteroatoms. The van der Waals surface area contributed by atoms with Crippen LogP contribution in [0.4, 0.5) is 0 Å². The summed E-state index contributed by atoms with van der Waals surface area (Å²) in [5.41, 5.74) is 3.49. The van der Waals surface area contributed by atoms with E-state index in [2.05, 4.69) is 16.0 Å². The minimum atomic E-state index is -0.889. The molecule has 1 unspecified atom stereocenters. The molecule has 0 aliphatic heterocycles. The fourth-order valence-corrected chi connectivity index (χ4v) is 3.78. The Morgan fingerprint density at radius 3 is 2.46 bits per heavy atom. The van der Waals surface area contributed by atoms with Gasteiger partial charge in [0.1, 0.15) is 11.8 Å². The molecule has 2 aromatic carbocycles. The van der Waals surface area contributed by atoms with Gasteiger partial charge in [-0.3, -0.25) is 9.36 Å². The summed E-state index contributed by atoms with van der Waals surface area (Å²) >= 11 is 5.94. The first-order valence-corrected chi connectivity index (χ1v) is 11.1. The van der Waals surface area contributed by atoms with Crippen molar-refractivity contribution >= 4 is 22.6 Å². The highest BCUT2D eigenvalue weighted by atomic mass is 35.5. The second kappa shape index (κ2) is 10.3. The van der Waals surface area contributed by atoms with Gasteiger partial charge < -0.3 is 9.67 Å². The highest BCUT2D eigenvalue weighted by Gasteiger charge is 2.16. The van der Waals surface area contributed by atoms with Gasteiger partial charge in [0.2, 0.25) is 0 Å². The fraction of sp³-hybridized carbons (Fsp3) is 0.111. The Balaban J connectivity index is 0.000000421. The van der Waals surface area contributed by atoms with E-state index >= 15 is 0 Å². The number of nitriles is 1. The smallest absolute Gasteiger partial charge is 0.252 e. The molecule has 0 aliphatic carbocycles. The van der Waals surface area contributed by atoms with Gasteiger partial charge in [-0.05, 0) is 47.0 Å². The Morgan fingerprint density at radius 2 is 1.83 bits per heavy atom. The van der Waals surface area contributed by atoms with E-state index in [4.69, 9.17) is 11.6 Å². The summed E-state index contributed by atoms with van der Waals surface area (Å²) in [5.74, 6) is 0. The van der Waals surface area contributed by atoms with E-state index in [0.29, 0.717) is 38.3 Å². The minimum absolute atomic E-state index is 0.201. The topological polar surface area (TPSA) is 96.7 Å². The van der Waals surface area contributed by atoms with Gasteiger partial charge in [-0.2, -0.15) is 5.26 Å². The first-order valence-electron chi connectivity index (χ1n) is 10.7.